The first-order chi connectivity index (χ1) is 8.54. The molecule has 2 aromatic rings. The number of hydrogen-bond donors (Lipinski definition) is 0. The predicted octanol–water partition coefficient (Wildman–Crippen LogP) is 1.99. The van der Waals surface area contributed by atoms with Gasteiger partial charge >= 0.3 is 0 Å². The number of halogens is 1. The highest BCUT2D eigenvalue weighted by Crippen LogP contribution is 2.23. The molecule has 5 nitrogen and oxygen atoms in total. The third-order valence-electron chi connectivity index (χ3n) is 2.35. The second-order valence-corrected chi connectivity index (χ2v) is 6.11. The Kier molecular flexibility index (Phi) is 3.58. The summed E-state index contributed by atoms with van der Waals surface area (Å²) in [6, 6.07) is 3.09. The summed E-state index contributed by atoms with van der Waals surface area (Å²) in [5.74, 6) is 0.00666. The van der Waals surface area contributed by atoms with Crippen LogP contribution < -0.4 is 0 Å². The molecule has 0 fully saturated rings. The Bertz CT molecular complexity index is 656. The lowest BCUT2D eigenvalue weighted by Gasteiger charge is -2.07. The molecule has 0 spiro atoms. The minimum atomic E-state index is -3.35. The van der Waals surface area contributed by atoms with Gasteiger partial charge in [-0.1, -0.05) is 18.5 Å². The second kappa shape index (κ2) is 4.99. The molecule has 7 heteroatoms. The molecule has 0 aliphatic carbocycles. The van der Waals surface area contributed by atoms with Crippen LogP contribution in [0.25, 0.3) is 11.4 Å². The van der Waals surface area contributed by atoms with Crippen LogP contribution in [-0.2, 0) is 9.84 Å². The normalized spacial score (nSPS) is 11.4. The van der Waals surface area contributed by atoms with Crippen LogP contribution in [0.2, 0.25) is 5.15 Å². The quantitative estimate of drug-likeness (QED) is 0.861. The molecule has 0 saturated heterocycles. The maximum absolute atomic E-state index is 11.9. The van der Waals surface area contributed by atoms with Gasteiger partial charge in [0.1, 0.15) is 16.5 Å². The molecule has 18 heavy (non-hydrogen) atoms. The minimum absolute atomic E-state index is 0.00666. The highest BCUT2D eigenvalue weighted by Gasteiger charge is 2.19. The van der Waals surface area contributed by atoms with Crippen LogP contribution in [0.5, 0.6) is 0 Å². The fourth-order valence-corrected chi connectivity index (χ4v) is 2.57. The second-order valence-electron chi connectivity index (χ2n) is 3.48. The van der Waals surface area contributed by atoms with Crippen molar-refractivity contribution in [3.63, 3.8) is 0 Å². The number of pyridine rings is 1. The molecule has 0 saturated carbocycles. The number of nitrogens with zero attached hydrogens (tertiary/aromatic N) is 3. The Hall–Kier alpha value is -1.53. The van der Waals surface area contributed by atoms with Crippen molar-refractivity contribution in [2.45, 2.75) is 11.8 Å². The van der Waals surface area contributed by atoms with E-state index in [-0.39, 0.29) is 15.8 Å². The van der Waals surface area contributed by atoms with Gasteiger partial charge < -0.3 is 0 Å². The van der Waals surface area contributed by atoms with Crippen LogP contribution in [0.4, 0.5) is 0 Å². The third kappa shape index (κ3) is 2.49. The summed E-state index contributed by atoms with van der Waals surface area (Å²) in [6.07, 6.45) is 4.27. The van der Waals surface area contributed by atoms with Crippen LogP contribution in [0.3, 0.4) is 0 Å². The molecule has 0 amide bonds. The van der Waals surface area contributed by atoms with E-state index in [0.29, 0.717) is 11.4 Å². The first-order valence-electron chi connectivity index (χ1n) is 5.20. The van der Waals surface area contributed by atoms with Gasteiger partial charge in [-0.25, -0.2) is 18.4 Å². The van der Waals surface area contributed by atoms with Crippen LogP contribution in [-0.4, -0.2) is 29.1 Å². The van der Waals surface area contributed by atoms with E-state index in [1.165, 1.54) is 24.7 Å². The van der Waals surface area contributed by atoms with Crippen molar-refractivity contribution >= 4 is 21.4 Å². The summed E-state index contributed by atoms with van der Waals surface area (Å²) in [6.45, 7) is 1.58. The van der Waals surface area contributed by atoms with Gasteiger partial charge in [0.2, 0.25) is 0 Å². The van der Waals surface area contributed by atoms with Crippen molar-refractivity contribution in [1.82, 2.24) is 15.0 Å². The van der Waals surface area contributed by atoms with Crippen LogP contribution >= 0.6 is 11.6 Å². The third-order valence-corrected chi connectivity index (χ3v) is 4.30. The molecule has 0 aliphatic rings. The van der Waals surface area contributed by atoms with Crippen LogP contribution in [0.1, 0.15) is 6.92 Å². The zero-order valence-corrected chi connectivity index (χ0v) is 11.1. The standard InChI is InChI=1S/C11H10ClN3O2S/c1-2-18(16,17)9-4-3-5-13-11(9)8-6-15-10(12)7-14-8/h3-7H,2H2,1H3. The van der Waals surface area contributed by atoms with Crippen molar-refractivity contribution in [1.29, 1.82) is 0 Å². The highest BCUT2D eigenvalue weighted by molar-refractivity contribution is 7.91. The van der Waals surface area contributed by atoms with Gasteiger partial charge in [0.05, 0.1) is 23.0 Å². The Morgan fingerprint density at radius 3 is 2.61 bits per heavy atom. The summed E-state index contributed by atoms with van der Waals surface area (Å²) in [5.41, 5.74) is 0.676. The molecule has 94 valence electrons. The van der Waals surface area contributed by atoms with Crippen LogP contribution in [0.15, 0.2) is 35.6 Å². The molecule has 0 atom stereocenters. The molecule has 0 unspecified atom stereocenters. The summed E-state index contributed by atoms with van der Waals surface area (Å²) in [7, 11) is -3.35. The lowest BCUT2D eigenvalue weighted by molar-refractivity contribution is 0.597. The topological polar surface area (TPSA) is 72.8 Å². The molecule has 0 radical (unpaired) electrons. The van der Waals surface area contributed by atoms with Gasteiger partial charge in [-0.3, -0.25) is 4.98 Å². The largest absolute Gasteiger partial charge is 0.253 e. The van der Waals surface area contributed by atoms with Gasteiger partial charge in [-0.15, -0.1) is 0 Å². The lowest BCUT2D eigenvalue weighted by Crippen LogP contribution is -2.07. The summed E-state index contributed by atoms with van der Waals surface area (Å²) < 4.78 is 23.9. The Morgan fingerprint density at radius 2 is 2.00 bits per heavy atom. The molecule has 2 heterocycles. The van der Waals surface area contributed by atoms with Crippen molar-refractivity contribution in [2.75, 3.05) is 5.75 Å². The molecule has 0 aromatic carbocycles. The smallest absolute Gasteiger partial charge is 0.180 e. The maximum atomic E-state index is 11.9. The highest BCUT2D eigenvalue weighted by atomic mass is 35.5. The maximum Gasteiger partial charge on any atom is 0.180 e. The first kappa shape index (κ1) is 12.9. The van der Waals surface area contributed by atoms with E-state index < -0.39 is 9.84 Å². The predicted molar refractivity (Wildman–Crippen MR) is 68.0 cm³/mol. The Balaban J connectivity index is 2.62. The van der Waals surface area contributed by atoms with E-state index in [4.69, 9.17) is 11.6 Å². The average molecular weight is 284 g/mol. The van der Waals surface area contributed by atoms with Gasteiger partial charge in [-0.2, -0.15) is 0 Å². The molecule has 0 N–H and O–H groups in total. The Morgan fingerprint density at radius 1 is 1.22 bits per heavy atom. The minimum Gasteiger partial charge on any atom is -0.253 e. The van der Waals surface area contributed by atoms with E-state index in [1.807, 2.05) is 0 Å². The number of rotatable bonds is 3. The van der Waals surface area contributed by atoms with Crippen molar-refractivity contribution in [2.24, 2.45) is 0 Å². The van der Waals surface area contributed by atoms with E-state index in [9.17, 15) is 8.42 Å². The summed E-state index contributed by atoms with van der Waals surface area (Å²) in [4.78, 5) is 12.1. The summed E-state index contributed by atoms with van der Waals surface area (Å²) in [5, 5.41) is 0.245. The number of hydrogen-bond acceptors (Lipinski definition) is 5. The molecular weight excluding hydrogens is 274 g/mol. The number of sulfone groups is 1. The molecule has 2 rings (SSSR count). The van der Waals surface area contributed by atoms with E-state index >= 15 is 0 Å². The van der Waals surface area contributed by atoms with Crippen molar-refractivity contribution in [3.8, 4) is 11.4 Å². The van der Waals surface area contributed by atoms with Gasteiger partial charge in [0, 0.05) is 6.20 Å². The molecular formula is C11H10ClN3O2S. The van der Waals surface area contributed by atoms with E-state index in [2.05, 4.69) is 15.0 Å². The average Bonchev–Trinajstić information content (AvgIpc) is 2.40. The fourth-order valence-electron chi connectivity index (χ4n) is 1.42. The van der Waals surface area contributed by atoms with E-state index in [1.54, 1.807) is 13.0 Å². The lowest BCUT2D eigenvalue weighted by atomic mass is 10.3. The van der Waals surface area contributed by atoms with Crippen LogP contribution in [0, 0.1) is 0 Å². The molecule has 2 aromatic heterocycles. The molecule has 0 bridgehead atoms. The van der Waals surface area contributed by atoms with Gasteiger partial charge in [-0.05, 0) is 12.1 Å². The monoisotopic (exact) mass is 283 g/mol. The first-order valence-corrected chi connectivity index (χ1v) is 7.23. The number of aromatic nitrogens is 3. The summed E-state index contributed by atoms with van der Waals surface area (Å²) >= 11 is 5.64. The SMILES string of the molecule is CCS(=O)(=O)c1cccnc1-c1cnc(Cl)cn1. The van der Waals surface area contributed by atoms with E-state index in [0.717, 1.165) is 0 Å². The van der Waals surface area contributed by atoms with Gasteiger partial charge in [0.15, 0.2) is 9.84 Å². The zero-order chi connectivity index (χ0) is 13.2. The fraction of sp³-hybridized carbons (Fsp3) is 0.182. The molecule has 0 aliphatic heterocycles. The zero-order valence-electron chi connectivity index (χ0n) is 9.54. The van der Waals surface area contributed by atoms with Crippen molar-refractivity contribution < 1.29 is 8.42 Å². The van der Waals surface area contributed by atoms with Gasteiger partial charge in [0.25, 0.3) is 0 Å². The van der Waals surface area contributed by atoms with Crippen molar-refractivity contribution in [3.05, 3.63) is 35.9 Å². The Labute approximate surface area is 110 Å².